The zero-order valence-corrected chi connectivity index (χ0v) is 12.5. The van der Waals surface area contributed by atoms with E-state index in [1.807, 2.05) is 0 Å². The Labute approximate surface area is 122 Å². The second-order valence-corrected chi connectivity index (χ2v) is 6.29. The number of hydrogen-bond acceptors (Lipinski definition) is 3. The van der Waals surface area contributed by atoms with Crippen LogP contribution in [0.15, 0.2) is 30.3 Å². The molecular weight excluding hydrogens is 248 g/mol. The van der Waals surface area contributed by atoms with Crippen LogP contribution in [-0.4, -0.2) is 43.8 Å². The van der Waals surface area contributed by atoms with E-state index in [0.717, 1.165) is 26.3 Å². The van der Waals surface area contributed by atoms with Crippen LogP contribution >= 0.6 is 0 Å². The smallest absolute Gasteiger partial charge is 0.0535 e. The zero-order chi connectivity index (χ0) is 13.8. The number of ether oxygens (including phenoxy) is 1. The standard InChI is InChI=1S/C17H26N2O/c1-17(15-6-3-2-4-7-15)14-19(11-5-10-18-17)16-8-12-20-13-9-16/h2-4,6-7,16,18H,5,8-14H2,1H3. The van der Waals surface area contributed by atoms with Gasteiger partial charge in [-0.1, -0.05) is 30.3 Å². The van der Waals surface area contributed by atoms with Crippen molar-refractivity contribution in [3.63, 3.8) is 0 Å². The van der Waals surface area contributed by atoms with E-state index in [1.54, 1.807) is 0 Å². The first-order valence-corrected chi connectivity index (χ1v) is 7.90. The van der Waals surface area contributed by atoms with Crippen LogP contribution in [0.25, 0.3) is 0 Å². The fraction of sp³-hybridized carbons (Fsp3) is 0.647. The largest absolute Gasteiger partial charge is 0.381 e. The van der Waals surface area contributed by atoms with Crippen molar-refractivity contribution in [2.75, 3.05) is 32.8 Å². The molecule has 2 saturated heterocycles. The molecule has 20 heavy (non-hydrogen) atoms. The quantitative estimate of drug-likeness (QED) is 0.896. The maximum Gasteiger partial charge on any atom is 0.0535 e. The van der Waals surface area contributed by atoms with Gasteiger partial charge in [0.15, 0.2) is 0 Å². The number of hydrogen-bond donors (Lipinski definition) is 1. The zero-order valence-electron chi connectivity index (χ0n) is 12.5. The Hall–Kier alpha value is -0.900. The molecule has 1 atom stereocenters. The van der Waals surface area contributed by atoms with E-state index in [2.05, 4.69) is 47.5 Å². The number of rotatable bonds is 2. The molecular formula is C17H26N2O. The van der Waals surface area contributed by atoms with Gasteiger partial charge in [-0.3, -0.25) is 4.90 Å². The van der Waals surface area contributed by atoms with Gasteiger partial charge >= 0.3 is 0 Å². The maximum atomic E-state index is 5.52. The van der Waals surface area contributed by atoms with Crippen LogP contribution in [0.3, 0.4) is 0 Å². The fourth-order valence-corrected chi connectivity index (χ4v) is 3.55. The molecule has 1 aromatic rings. The summed E-state index contributed by atoms with van der Waals surface area (Å²) in [6, 6.07) is 11.6. The van der Waals surface area contributed by atoms with Gasteiger partial charge in [0.2, 0.25) is 0 Å². The molecule has 0 amide bonds. The molecule has 3 rings (SSSR count). The van der Waals surface area contributed by atoms with Crippen LogP contribution in [0, 0.1) is 0 Å². The first kappa shape index (κ1) is 14.1. The van der Waals surface area contributed by atoms with Gasteiger partial charge in [0, 0.05) is 25.8 Å². The first-order valence-electron chi connectivity index (χ1n) is 7.90. The van der Waals surface area contributed by atoms with Gasteiger partial charge in [0.1, 0.15) is 0 Å². The molecule has 0 bridgehead atoms. The Morgan fingerprint density at radius 3 is 2.70 bits per heavy atom. The van der Waals surface area contributed by atoms with Crippen LogP contribution in [0.5, 0.6) is 0 Å². The lowest BCUT2D eigenvalue weighted by atomic mass is 9.90. The van der Waals surface area contributed by atoms with Crippen molar-refractivity contribution in [2.24, 2.45) is 0 Å². The highest BCUT2D eigenvalue weighted by Crippen LogP contribution is 2.27. The minimum absolute atomic E-state index is 0.0655. The summed E-state index contributed by atoms with van der Waals surface area (Å²) in [5.74, 6) is 0. The SMILES string of the molecule is CC1(c2ccccc2)CN(C2CCOCC2)CCCN1. The monoisotopic (exact) mass is 274 g/mol. The van der Waals surface area contributed by atoms with E-state index in [1.165, 1.54) is 31.4 Å². The molecule has 0 aromatic heterocycles. The minimum atomic E-state index is 0.0655. The molecule has 2 aliphatic heterocycles. The Balaban J connectivity index is 1.77. The molecule has 1 unspecified atom stereocenters. The summed E-state index contributed by atoms with van der Waals surface area (Å²) >= 11 is 0. The fourth-order valence-electron chi connectivity index (χ4n) is 3.55. The van der Waals surface area contributed by atoms with Gasteiger partial charge in [-0.15, -0.1) is 0 Å². The van der Waals surface area contributed by atoms with Crippen LogP contribution in [0.4, 0.5) is 0 Å². The third kappa shape index (κ3) is 3.05. The van der Waals surface area contributed by atoms with Gasteiger partial charge in [0.05, 0.1) is 5.54 Å². The Bertz CT molecular complexity index is 416. The maximum absolute atomic E-state index is 5.52. The molecule has 3 nitrogen and oxygen atoms in total. The van der Waals surface area contributed by atoms with Crippen molar-refractivity contribution in [3.8, 4) is 0 Å². The summed E-state index contributed by atoms with van der Waals surface area (Å²) in [6.45, 7) is 7.61. The predicted octanol–water partition coefficient (Wildman–Crippen LogP) is 2.38. The highest BCUT2D eigenvalue weighted by atomic mass is 16.5. The van der Waals surface area contributed by atoms with Crippen molar-refractivity contribution in [1.29, 1.82) is 0 Å². The molecule has 2 heterocycles. The first-order chi connectivity index (χ1) is 9.78. The molecule has 2 fully saturated rings. The lowest BCUT2D eigenvalue weighted by Crippen LogP contribution is -2.50. The summed E-state index contributed by atoms with van der Waals surface area (Å²) < 4.78 is 5.52. The van der Waals surface area contributed by atoms with E-state index < -0.39 is 0 Å². The number of nitrogens with zero attached hydrogens (tertiary/aromatic N) is 1. The summed E-state index contributed by atoms with van der Waals surface area (Å²) in [7, 11) is 0. The molecule has 0 saturated carbocycles. The van der Waals surface area contributed by atoms with E-state index >= 15 is 0 Å². The normalized spacial score (nSPS) is 30.1. The summed E-state index contributed by atoms with van der Waals surface area (Å²) in [5, 5.41) is 3.77. The van der Waals surface area contributed by atoms with E-state index in [4.69, 9.17) is 4.74 Å². The summed E-state index contributed by atoms with van der Waals surface area (Å²) in [6.07, 6.45) is 3.61. The van der Waals surface area contributed by atoms with Crippen molar-refractivity contribution < 1.29 is 4.74 Å². The third-order valence-corrected chi connectivity index (χ3v) is 4.77. The van der Waals surface area contributed by atoms with Crippen molar-refractivity contribution in [3.05, 3.63) is 35.9 Å². The van der Waals surface area contributed by atoms with Crippen molar-refractivity contribution >= 4 is 0 Å². The summed E-state index contributed by atoms with van der Waals surface area (Å²) in [4.78, 5) is 2.69. The van der Waals surface area contributed by atoms with Gasteiger partial charge < -0.3 is 10.1 Å². The lowest BCUT2D eigenvalue weighted by molar-refractivity contribution is 0.0282. The molecule has 0 spiro atoms. The molecule has 2 aliphatic rings. The van der Waals surface area contributed by atoms with Gasteiger partial charge in [-0.2, -0.15) is 0 Å². The third-order valence-electron chi connectivity index (χ3n) is 4.77. The highest BCUT2D eigenvalue weighted by Gasteiger charge is 2.33. The van der Waals surface area contributed by atoms with Crippen LogP contribution < -0.4 is 5.32 Å². The number of nitrogens with one attached hydrogen (secondary N) is 1. The molecule has 0 radical (unpaired) electrons. The van der Waals surface area contributed by atoms with Crippen LogP contribution in [-0.2, 0) is 10.3 Å². The molecule has 1 aromatic carbocycles. The van der Waals surface area contributed by atoms with E-state index in [0.29, 0.717) is 6.04 Å². The Morgan fingerprint density at radius 1 is 1.20 bits per heavy atom. The second kappa shape index (κ2) is 6.25. The summed E-state index contributed by atoms with van der Waals surface area (Å²) in [5.41, 5.74) is 1.47. The van der Waals surface area contributed by atoms with Gasteiger partial charge in [-0.05, 0) is 44.8 Å². The molecule has 1 N–H and O–H groups in total. The van der Waals surface area contributed by atoms with Crippen molar-refractivity contribution in [1.82, 2.24) is 10.2 Å². The molecule has 3 heteroatoms. The molecule has 0 aliphatic carbocycles. The highest BCUT2D eigenvalue weighted by molar-refractivity contribution is 5.24. The number of benzene rings is 1. The average Bonchev–Trinajstić information content (AvgIpc) is 2.72. The van der Waals surface area contributed by atoms with Gasteiger partial charge in [0.25, 0.3) is 0 Å². The van der Waals surface area contributed by atoms with Crippen molar-refractivity contribution in [2.45, 2.75) is 37.8 Å². The van der Waals surface area contributed by atoms with Gasteiger partial charge in [-0.25, -0.2) is 0 Å². The van der Waals surface area contributed by atoms with E-state index in [-0.39, 0.29) is 5.54 Å². The molecule has 110 valence electrons. The average molecular weight is 274 g/mol. The predicted molar refractivity (Wildman–Crippen MR) is 81.8 cm³/mol. The van der Waals surface area contributed by atoms with E-state index in [9.17, 15) is 0 Å². The van der Waals surface area contributed by atoms with Crippen LogP contribution in [0.1, 0.15) is 31.7 Å². The van der Waals surface area contributed by atoms with Crippen LogP contribution in [0.2, 0.25) is 0 Å². The Morgan fingerprint density at radius 2 is 1.95 bits per heavy atom. The Kier molecular flexibility index (Phi) is 4.39. The lowest BCUT2D eigenvalue weighted by Gasteiger charge is -2.39. The second-order valence-electron chi connectivity index (χ2n) is 6.29. The minimum Gasteiger partial charge on any atom is -0.381 e. The topological polar surface area (TPSA) is 24.5 Å².